The van der Waals surface area contributed by atoms with Crippen molar-refractivity contribution in [3.8, 4) is 5.69 Å². The third kappa shape index (κ3) is 8.78. The summed E-state index contributed by atoms with van der Waals surface area (Å²) in [6, 6.07) is 24.1. The molecule has 1 saturated heterocycles. The minimum atomic E-state index is -0.412. The number of amides is 4. The topological polar surface area (TPSA) is 118 Å². The first-order valence-corrected chi connectivity index (χ1v) is 16.2. The normalized spacial score (nSPS) is 13.6. The molecule has 0 bridgehead atoms. The van der Waals surface area contributed by atoms with Gasteiger partial charge in [-0.1, -0.05) is 56.7 Å². The summed E-state index contributed by atoms with van der Waals surface area (Å²) in [4.78, 5) is 39.9. The fraction of sp³-hybridized carbons (Fsp3) is 0.351. The number of carbonyl (C=O) groups excluding carboxylic acids is 3. The molecule has 2 heterocycles. The number of aryl methyl sites for hydroxylation is 1. The summed E-state index contributed by atoms with van der Waals surface area (Å²) in [5.41, 5.74) is 5.51. The molecule has 0 radical (unpaired) electrons. The maximum absolute atomic E-state index is 13.2. The molecule has 4 amide bonds. The molecule has 1 aromatic heterocycles. The van der Waals surface area contributed by atoms with Gasteiger partial charge in [-0.2, -0.15) is 5.10 Å². The van der Waals surface area contributed by atoms with Crippen LogP contribution in [0.5, 0.6) is 0 Å². The lowest BCUT2D eigenvalue weighted by molar-refractivity contribution is 0.0526. The van der Waals surface area contributed by atoms with Gasteiger partial charge in [-0.15, -0.1) is 0 Å². The zero-order valence-corrected chi connectivity index (χ0v) is 27.8. The Hall–Kier alpha value is -5.12. The molecule has 5 rings (SSSR count). The summed E-state index contributed by atoms with van der Waals surface area (Å²) in [7, 11) is 0. The molecule has 4 aromatic rings. The highest BCUT2D eigenvalue weighted by atomic mass is 16.5. The van der Waals surface area contributed by atoms with Crippen LogP contribution in [0.4, 0.5) is 26.8 Å². The largest absolute Gasteiger partial charge is 0.462 e. The Kier molecular flexibility index (Phi) is 10.3. The second-order valence-electron chi connectivity index (χ2n) is 13.1. The minimum Gasteiger partial charge on any atom is -0.462 e. The Morgan fingerprint density at radius 1 is 0.872 bits per heavy atom. The second-order valence-corrected chi connectivity index (χ2v) is 13.1. The van der Waals surface area contributed by atoms with Gasteiger partial charge in [-0.05, 0) is 87.1 Å². The van der Waals surface area contributed by atoms with Gasteiger partial charge in [0.05, 0.1) is 23.6 Å². The number of nitrogens with zero attached hydrogens (tertiary/aromatic N) is 3. The van der Waals surface area contributed by atoms with Gasteiger partial charge >= 0.3 is 18.0 Å². The fourth-order valence-electron chi connectivity index (χ4n) is 5.59. The SMILES string of the molecule is CCOC(=O)c1cccc(NC(=O)N2CCC(Cc3cccc(NC(=O)Nc4cc(C(C)(C)C)nn4-c4ccc(C)cc4)c3)CC2)c1. The maximum atomic E-state index is 13.2. The predicted octanol–water partition coefficient (Wildman–Crippen LogP) is 7.79. The van der Waals surface area contributed by atoms with Gasteiger partial charge in [-0.3, -0.25) is 5.32 Å². The molecule has 3 N–H and O–H groups in total. The lowest BCUT2D eigenvalue weighted by Gasteiger charge is -2.32. The second kappa shape index (κ2) is 14.5. The minimum absolute atomic E-state index is 0.181. The van der Waals surface area contributed by atoms with E-state index in [0.29, 0.717) is 48.4 Å². The van der Waals surface area contributed by atoms with Crippen LogP contribution in [0, 0.1) is 12.8 Å². The first-order chi connectivity index (χ1) is 22.5. The summed E-state index contributed by atoms with van der Waals surface area (Å²) >= 11 is 0. The Morgan fingerprint density at radius 3 is 2.23 bits per heavy atom. The number of urea groups is 2. The Morgan fingerprint density at radius 2 is 1.55 bits per heavy atom. The maximum Gasteiger partial charge on any atom is 0.338 e. The number of aromatic nitrogens is 2. The Balaban J connectivity index is 1.15. The fourth-order valence-corrected chi connectivity index (χ4v) is 5.59. The molecule has 47 heavy (non-hydrogen) atoms. The Bertz CT molecular complexity index is 1720. The predicted molar refractivity (Wildman–Crippen MR) is 186 cm³/mol. The number of esters is 1. The van der Waals surface area contributed by atoms with E-state index in [1.165, 1.54) is 0 Å². The number of anilines is 3. The van der Waals surface area contributed by atoms with Crippen LogP contribution >= 0.6 is 0 Å². The number of hydrogen-bond acceptors (Lipinski definition) is 5. The van der Waals surface area contributed by atoms with Gasteiger partial charge in [0.1, 0.15) is 5.82 Å². The van der Waals surface area contributed by atoms with Crippen LogP contribution in [-0.4, -0.2) is 52.4 Å². The van der Waals surface area contributed by atoms with Crippen molar-refractivity contribution >= 4 is 35.2 Å². The van der Waals surface area contributed by atoms with Crippen molar-refractivity contribution < 1.29 is 19.1 Å². The number of benzene rings is 3. The van der Waals surface area contributed by atoms with Gasteiger partial charge in [0, 0.05) is 35.9 Å². The van der Waals surface area contributed by atoms with E-state index >= 15 is 0 Å². The number of likely N-dealkylation sites (tertiary alicyclic amines) is 1. The van der Waals surface area contributed by atoms with Gasteiger partial charge < -0.3 is 20.3 Å². The monoisotopic (exact) mass is 636 g/mol. The van der Waals surface area contributed by atoms with Crippen LogP contribution in [0.25, 0.3) is 5.69 Å². The molecule has 1 aliphatic rings. The van der Waals surface area contributed by atoms with E-state index in [1.807, 2.05) is 60.4 Å². The van der Waals surface area contributed by atoms with Gasteiger partial charge in [0.2, 0.25) is 0 Å². The third-order valence-corrected chi connectivity index (χ3v) is 8.23. The van der Waals surface area contributed by atoms with Crippen LogP contribution in [0.15, 0.2) is 78.9 Å². The Labute approximate surface area is 276 Å². The zero-order valence-electron chi connectivity index (χ0n) is 27.8. The molecule has 1 fully saturated rings. The van der Waals surface area contributed by atoms with Crippen molar-refractivity contribution in [2.24, 2.45) is 5.92 Å². The molecule has 0 saturated carbocycles. The first kappa shape index (κ1) is 33.2. The standard InChI is InChI=1S/C37H44N6O4/c1-6-47-34(44)28-10-8-12-30(23-28)39-36(46)42-19-17-26(18-20-42)21-27-9-7-11-29(22-27)38-35(45)40-33-24-32(37(3,4)5)41-43(33)31-15-13-25(2)14-16-31/h7-16,22-24,26H,6,17-21H2,1-5H3,(H,39,46)(H2,38,40,45). The molecule has 10 heteroatoms. The van der Waals surface area contributed by atoms with Gasteiger partial charge in [0.15, 0.2) is 0 Å². The smallest absolute Gasteiger partial charge is 0.338 e. The van der Waals surface area contributed by atoms with Crippen LogP contribution in [0.3, 0.4) is 0 Å². The van der Waals surface area contributed by atoms with Crippen LogP contribution in [-0.2, 0) is 16.6 Å². The van der Waals surface area contributed by atoms with Crippen molar-refractivity contribution in [1.29, 1.82) is 0 Å². The molecule has 1 aliphatic heterocycles. The van der Waals surface area contributed by atoms with E-state index in [9.17, 15) is 14.4 Å². The molecule has 0 aliphatic carbocycles. The van der Waals surface area contributed by atoms with E-state index < -0.39 is 5.97 Å². The van der Waals surface area contributed by atoms with Crippen molar-refractivity contribution in [3.05, 3.63) is 101 Å². The van der Waals surface area contributed by atoms with Crippen molar-refractivity contribution in [2.45, 2.75) is 59.3 Å². The van der Waals surface area contributed by atoms with Crippen LogP contribution < -0.4 is 16.0 Å². The average molecular weight is 637 g/mol. The molecule has 0 atom stereocenters. The van der Waals surface area contributed by atoms with E-state index in [1.54, 1.807) is 35.9 Å². The highest BCUT2D eigenvalue weighted by Gasteiger charge is 2.24. The summed E-state index contributed by atoms with van der Waals surface area (Å²) in [6.45, 7) is 11.6. The lowest BCUT2D eigenvalue weighted by Crippen LogP contribution is -2.41. The summed E-state index contributed by atoms with van der Waals surface area (Å²) < 4.78 is 6.83. The summed E-state index contributed by atoms with van der Waals surface area (Å²) in [5, 5.41) is 13.7. The van der Waals surface area contributed by atoms with E-state index in [-0.39, 0.29) is 17.5 Å². The quantitative estimate of drug-likeness (QED) is 0.171. The summed E-state index contributed by atoms with van der Waals surface area (Å²) in [5.74, 6) is 0.592. The third-order valence-electron chi connectivity index (χ3n) is 8.23. The average Bonchev–Trinajstić information content (AvgIpc) is 3.46. The number of rotatable bonds is 8. The molecular formula is C37H44N6O4. The number of hydrogen-bond donors (Lipinski definition) is 3. The van der Waals surface area contributed by atoms with E-state index in [4.69, 9.17) is 9.84 Å². The number of carbonyl (C=O) groups is 3. The first-order valence-electron chi connectivity index (χ1n) is 16.2. The number of piperidine rings is 1. The van der Waals surface area contributed by atoms with Crippen molar-refractivity contribution in [1.82, 2.24) is 14.7 Å². The van der Waals surface area contributed by atoms with Crippen molar-refractivity contribution in [2.75, 3.05) is 35.6 Å². The number of ether oxygens (including phenoxy) is 1. The molecular weight excluding hydrogens is 592 g/mol. The van der Waals surface area contributed by atoms with Crippen LogP contribution in [0.1, 0.15) is 67.7 Å². The summed E-state index contributed by atoms with van der Waals surface area (Å²) in [6.07, 6.45) is 2.59. The van der Waals surface area contributed by atoms with Gasteiger partial charge in [-0.25, -0.2) is 19.1 Å². The van der Waals surface area contributed by atoms with Crippen LogP contribution in [0.2, 0.25) is 0 Å². The zero-order chi connectivity index (χ0) is 33.6. The molecule has 10 nitrogen and oxygen atoms in total. The highest BCUT2D eigenvalue weighted by Crippen LogP contribution is 2.27. The van der Waals surface area contributed by atoms with Gasteiger partial charge in [0.25, 0.3) is 0 Å². The van der Waals surface area contributed by atoms with E-state index in [0.717, 1.165) is 41.8 Å². The highest BCUT2D eigenvalue weighted by molar-refractivity contribution is 5.99. The molecule has 0 unspecified atom stereocenters. The lowest BCUT2D eigenvalue weighted by atomic mass is 9.90. The van der Waals surface area contributed by atoms with Crippen molar-refractivity contribution in [3.63, 3.8) is 0 Å². The number of nitrogens with one attached hydrogen (secondary N) is 3. The molecule has 3 aromatic carbocycles. The van der Waals surface area contributed by atoms with E-state index in [2.05, 4.69) is 42.8 Å². The molecule has 246 valence electrons. The molecule has 0 spiro atoms.